The summed E-state index contributed by atoms with van der Waals surface area (Å²) in [6, 6.07) is 18.1. The van der Waals surface area contributed by atoms with Gasteiger partial charge in [-0.3, -0.25) is 4.79 Å². The Hall–Kier alpha value is -5.06. The topological polar surface area (TPSA) is 145 Å². The number of hydrogen-bond acceptors (Lipinski definition) is 8. The summed E-state index contributed by atoms with van der Waals surface area (Å²) in [4.78, 5) is 41.8. The Balaban J connectivity index is 0.000000410. The molecule has 1 aromatic heterocycles. The lowest BCUT2D eigenvalue weighted by molar-refractivity contribution is -0.148. The van der Waals surface area contributed by atoms with Crippen molar-refractivity contribution in [2.45, 2.75) is 26.4 Å². The van der Waals surface area contributed by atoms with Crippen LogP contribution in [0.5, 0.6) is 23.1 Å². The molecule has 3 N–H and O–H groups in total. The standard InChI is InChI=1S/C25H24N4O5.C7H12O2/c26-23(30)22-10-18(28-12-16-14-29(25(31)32)15-17(16)13-28)11-27-24(22)34-21-8-6-20(7-9-21)33-19-4-2-1-3-5-19;1-5-6(8)9-7(2,3)4/h1-11,16-17H,12-15H2,(H2,26,30)(H,31,32);5H,1H2,2-4H3. The first-order valence-corrected chi connectivity index (χ1v) is 13.8. The van der Waals surface area contributed by atoms with Crippen LogP contribution in [-0.2, 0) is 9.53 Å². The number of anilines is 1. The summed E-state index contributed by atoms with van der Waals surface area (Å²) < 4.78 is 16.5. The number of pyridine rings is 1. The second-order valence-electron chi connectivity index (χ2n) is 11.2. The molecule has 2 fully saturated rings. The van der Waals surface area contributed by atoms with Crippen LogP contribution in [-0.4, -0.2) is 64.7 Å². The number of likely N-dealkylation sites (tertiary alicyclic amines) is 1. The van der Waals surface area contributed by atoms with Crippen molar-refractivity contribution in [3.8, 4) is 23.1 Å². The van der Waals surface area contributed by atoms with E-state index in [0.717, 1.165) is 17.5 Å². The van der Waals surface area contributed by atoms with E-state index in [0.29, 0.717) is 37.7 Å². The van der Waals surface area contributed by atoms with Gasteiger partial charge in [0.2, 0.25) is 5.88 Å². The summed E-state index contributed by atoms with van der Waals surface area (Å²) in [5.41, 5.74) is 6.18. The van der Waals surface area contributed by atoms with E-state index < -0.39 is 17.6 Å². The number of amides is 2. The SMILES string of the molecule is C=CC(=O)OC(C)(C)C.NC(=O)c1cc(N2CC3CN(C(=O)O)CC3C2)cnc1Oc1ccc(Oc2ccccc2)cc1. The number of carboxylic acid groups (broad SMARTS) is 1. The highest BCUT2D eigenvalue weighted by atomic mass is 16.6. The zero-order valence-corrected chi connectivity index (χ0v) is 24.4. The van der Waals surface area contributed by atoms with E-state index in [-0.39, 0.29) is 29.2 Å². The first-order chi connectivity index (χ1) is 20.4. The summed E-state index contributed by atoms with van der Waals surface area (Å²) in [5.74, 6) is 1.52. The van der Waals surface area contributed by atoms with E-state index in [1.807, 2.05) is 51.1 Å². The van der Waals surface area contributed by atoms with E-state index in [1.54, 1.807) is 36.5 Å². The first-order valence-electron chi connectivity index (χ1n) is 13.8. The van der Waals surface area contributed by atoms with Crippen molar-refractivity contribution in [3.05, 3.63) is 85.1 Å². The van der Waals surface area contributed by atoms with Crippen LogP contribution in [0.4, 0.5) is 10.5 Å². The lowest BCUT2D eigenvalue weighted by atomic mass is 10.0. The third kappa shape index (κ3) is 8.48. The van der Waals surface area contributed by atoms with Crippen LogP contribution in [0.3, 0.4) is 0 Å². The van der Waals surface area contributed by atoms with Crippen molar-refractivity contribution in [1.82, 2.24) is 9.88 Å². The molecule has 3 heterocycles. The highest BCUT2D eigenvalue weighted by Gasteiger charge is 2.42. The van der Waals surface area contributed by atoms with Crippen LogP contribution < -0.4 is 20.1 Å². The minimum atomic E-state index is -0.875. The molecule has 0 spiro atoms. The summed E-state index contributed by atoms with van der Waals surface area (Å²) in [7, 11) is 0. The van der Waals surface area contributed by atoms with Crippen molar-refractivity contribution in [3.63, 3.8) is 0 Å². The number of benzene rings is 2. The molecule has 43 heavy (non-hydrogen) atoms. The van der Waals surface area contributed by atoms with Gasteiger partial charge in [-0.1, -0.05) is 24.8 Å². The van der Waals surface area contributed by atoms with Crippen LogP contribution in [0.2, 0.25) is 0 Å². The molecule has 2 aliphatic rings. The van der Waals surface area contributed by atoms with Crippen molar-refractivity contribution >= 4 is 23.7 Å². The Morgan fingerprint density at radius 2 is 1.49 bits per heavy atom. The molecule has 0 radical (unpaired) electrons. The Morgan fingerprint density at radius 3 is 1.98 bits per heavy atom. The Morgan fingerprint density at radius 1 is 0.930 bits per heavy atom. The Labute approximate surface area is 250 Å². The van der Waals surface area contributed by atoms with Gasteiger partial charge in [-0.25, -0.2) is 14.6 Å². The average molecular weight is 589 g/mol. The lowest BCUT2D eigenvalue weighted by Gasteiger charge is -2.22. The summed E-state index contributed by atoms with van der Waals surface area (Å²) >= 11 is 0. The highest BCUT2D eigenvalue weighted by Crippen LogP contribution is 2.35. The minimum Gasteiger partial charge on any atom is -0.465 e. The number of para-hydroxylation sites is 1. The number of rotatable bonds is 7. The third-order valence-electron chi connectivity index (χ3n) is 6.81. The number of ether oxygens (including phenoxy) is 3. The summed E-state index contributed by atoms with van der Waals surface area (Å²) in [5, 5.41) is 9.21. The fourth-order valence-electron chi connectivity index (χ4n) is 4.89. The maximum absolute atomic E-state index is 12.1. The van der Waals surface area contributed by atoms with Gasteiger partial charge in [-0.15, -0.1) is 0 Å². The van der Waals surface area contributed by atoms with E-state index in [2.05, 4.69) is 16.5 Å². The van der Waals surface area contributed by atoms with E-state index >= 15 is 0 Å². The zero-order valence-electron chi connectivity index (χ0n) is 24.4. The van der Waals surface area contributed by atoms with Gasteiger partial charge in [-0.05, 0) is 63.2 Å². The van der Waals surface area contributed by atoms with Gasteiger partial charge in [-0.2, -0.15) is 0 Å². The fourth-order valence-corrected chi connectivity index (χ4v) is 4.89. The molecule has 11 heteroatoms. The van der Waals surface area contributed by atoms with Crippen LogP contribution >= 0.6 is 0 Å². The molecule has 5 rings (SSSR count). The normalized spacial score (nSPS) is 17.3. The van der Waals surface area contributed by atoms with Crippen LogP contribution in [0.25, 0.3) is 0 Å². The van der Waals surface area contributed by atoms with E-state index in [4.69, 9.17) is 19.9 Å². The number of fused-ring (bicyclic) bond motifs is 1. The number of primary amides is 1. The molecule has 2 aromatic carbocycles. The number of esters is 1. The van der Waals surface area contributed by atoms with Crippen LogP contribution in [0.15, 0.2) is 79.5 Å². The average Bonchev–Trinajstić information content (AvgIpc) is 3.54. The third-order valence-corrected chi connectivity index (χ3v) is 6.81. The van der Waals surface area contributed by atoms with Crippen LogP contribution in [0, 0.1) is 11.8 Å². The minimum absolute atomic E-state index is 0.129. The first kappa shape index (κ1) is 30.9. The number of aromatic nitrogens is 1. The monoisotopic (exact) mass is 588 g/mol. The molecule has 3 aromatic rings. The van der Waals surface area contributed by atoms with Gasteiger partial charge >= 0.3 is 12.1 Å². The molecule has 226 valence electrons. The molecule has 0 aliphatic carbocycles. The predicted molar refractivity (Wildman–Crippen MR) is 161 cm³/mol. The molecule has 2 saturated heterocycles. The van der Waals surface area contributed by atoms with Gasteiger partial charge in [0.15, 0.2) is 0 Å². The molecule has 0 saturated carbocycles. The Kier molecular flexibility index (Phi) is 9.54. The highest BCUT2D eigenvalue weighted by molar-refractivity contribution is 5.96. The maximum Gasteiger partial charge on any atom is 0.407 e. The molecule has 2 unspecified atom stereocenters. The second-order valence-corrected chi connectivity index (χ2v) is 11.2. The molecule has 2 amide bonds. The fraction of sp³-hybridized carbons (Fsp3) is 0.312. The quantitative estimate of drug-likeness (QED) is 0.276. The number of carbonyl (C=O) groups excluding carboxylic acids is 2. The summed E-state index contributed by atoms with van der Waals surface area (Å²) in [6.07, 6.45) is 1.94. The van der Waals surface area contributed by atoms with Gasteiger partial charge in [0.1, 0.15) is 28.4 Å². The number of nitrogens with two attached hydrogens (primary N) is 1. The summed E-state index contributed by atoms with van der Waals surface area (Å²) in [6.45, 7) is 11.2. The van der Waals surface area contributed by atoms with Gasteiger partial charge < -0.3 is 34.9 Å². The zero-order chi connectivity index (χ0) is 31.1. The predicted octanol–water partition coefficient (Wildman–Crippen LogP) is 5.33. The molecular formula is C32H36N4O7. The maximum atomic E-state index is 12.1. The van der Waals surface area contributed by atoms with Crippen LogP contribution in [0.1, 0.15) is 31.1 Å². The largest absolute Gasteiger partial charge is 0.465 e. The Bertz CT molecular complexity index is 1440. The molecule has 2 atom stereocenters. The van der Waals surface area contributed by atoms with Crippen molar-refractivity contribution in [2.75, 3.05) is 31.1 Å². The van der Waals surface area contributed by atoms with Gasteiger partial charge in [0.25, 0.3) is 5.91 Å². The molecule has 11 nitrogen and oxygen atoms in total. The smallest absolute Gasteiger partial charge is 0.407 e. The number of nitrogens with zero attached hydrogens (tertiary/aromatic N) is 3. The van der Waals surface area contributed by atoms with E-state index in [9.17, 15) is 19.5 Å². The number of hydrogen-bond donors (Lipinski definition) is 2. The molecule has 0 bridgehead atoms. The van der Waals surface area contributed by atoms with Crippen molar-refractivity contribution < 1.29 is 33.7 Å². The van der Waals surface area contributed by atoms with E-state index in [1.165, 1.54) is 4.90 Å². The van der Waals surface area contributed by atoms with Crippen molar-refractivity contribution in [2.24, 2.45) is 17.6 Å². The molecular weight excluding hydrogens is 552 g/mol. The van der Waals surface area contributed by atoms with Gasteiger partial charge in [0.05, 0.1) is 11.9 Å². The molecule has 2 aliphatic heterocycles. The van der Waals surface area contributed by atoms with Gasteiger partial charge in [0, 0.05) is 44.1 Å². The number of carbonyl (C=O) groups is 3. The second kappa shape index (κ2) is 13.3. The van der Waals surface area contributed by atoms with Crippen molar-refractivity contribution in [1.29, 1.82) is 0 Å². The lowest BCUT2D eigenvalue weighted by Crippen LogP contribution is -2.32.